The van der Waals surface area contributed by atoms with Gasteiger partial charge in [0.15, 0.2) is 0 Å². The number of carbonyl (C=O) groups excluding carboxylic acids is 1. The van der Waals surface area contributed by atoms with Crippen molar-refractivity contribution in [3.63, 3.8) is 0 Å². The third kappa shape index (κ3) is 2.40. The normalized spacial score (nSPS) is 15.9. The van der Waals surface area contributed by atoms with E-state index in [1.807, 2.05) is 25.1 Å². The molecule has 0 radical (unpaired) electrons. The van der Waals surface area contributed by atoms with Gasteiger partial charge in [-0.2, -0.15) is 0 Å². The standard InChI is InChI=1S/C14H20N2O2/c1-2-13(17)10-4-5-12-11(8-10)9-14(18)16(12)7-3-6-15/h4-5,8,13,17H,2-3,6-7,9,15H2,1H3. The highest BCUT2D eigenvalue weighted by Crippen LogP contribution is 2.31. The minimum atomic E-state index is -0.441. The Bertz CT molecular complexity index is 445. The van der Waals surface area contributed by atoms with Gasteiger partial charge < -0.3 is 15.7 Å². The van der Waals surface area contributed by atoms with Gasteiger partial charge in [0, 0.05) is 12.2 Å². The fraction of sp³-hybridized carbons (Fsp3) is 0.500. The third-order valence-corrected chi connectivity index (χ3v) is 3.39. The highest BCUT2D eigenvalue weighted by molar-refractivity contribution is 6.01. The maximum absolute atomic E-state index is 11.9. The van der Waals surface area contributed by atoms with E-state index >= 15 is 0 Å². The van der Waals surface area contributed by atoms with Crippen LogP contribution in [0.1, 0.15) is 37.0 Å². The van der Waals surface area contributed by atoms with Crippen LogP contribution in [0.5, 0.6) is 0 Å². The first kappa shape index (κ1) is 13.1. The Morgan fingerprint density at radius 3 is 2.94 bits per heavy atom. The Kier molecular flexibility index (Phi) is 3.99. The van der Waals surface area contributed by atoms with Crippen LogP contribution < -0.4 is 10.6 Å². The minimum absolute atomic E-state index is 0.126. The smallest absolute Gasteiger partial charge is 0.231 e. The number of hydrogen-bond acceptors (Lipinski definition) is 3. The molecule has 98 valence electrons. The van der Waals surface area contributed by atoms with Crippen molar-refractivity contribution in [3.8, 4) is 0 Å². The summed E-state index contributed by atoms with van der Waals surface area (Å²) >= 11 is 0. The molecule has 0 saturated carbocycles. The van der Waals surface area contributed by atoms with Gasteiger partial charge in [-0.1, -0.05) is 19.1 Å². The quantitative estimate of drug-likeness (QED) is 0.827. The predicted molar refractivity (Wildman–Crippen MR) is 71.4 cm³/mol. The molecule has 0 saturated heterocycles. The van der Waals surface area contributed by atoms with Crippen LogP contribution >= 0.6 is 0 Å². The first-order chi connectivity index (χ1) is 8.67. The van der Waals surface area contributed by atoms with Crippen LogP contribution in [0.4, 0.5) is 5.69 Å². The van der Waals surface area contributed by atoms with Crippen LogP contribution in [-0.2, 0) is 11.2 Å². The van der Waals surface area contributed by atoms with E-state index in [2.05, 4.69) is 0 Å². The predicted octanol–water partition coefficient (Wildman–Crippen LogP) is 1.37. The number of aliphatic hydroxyl groups excluding tert-OH is 1. The highest BCUT2D eigenvalue weighted by atomic mass is 16.3. The van der Waals surface area contributed by atoms with Gasteiger partial charge in [-0.25, -0.2) is 0 Å². The largest absolute Gasteiger partial charge is 0.388 e. The van der Waals surface area contributed by atoms with Gasteiger partial charge in [0.25, 0.3) is 0 Å². The third-order valence-electron chi connectivity index (χ3n) is 3.39. The van der Waals surface area contributed by atoms with Crippen LogP contribution in [0.3, 0.4) is 0 Å². The average Bonchev–Trinajstić information content (AvgIpc) is 2.70. The molecule has 2 rings (SSSR count). The fourth-order valence-electron chi connectivity index (χ4n) is 2.34. The monoisotopic (exact) mass is 248 g/mol. The first-order valence-electron chi connectivity index (χ1n) is 6.48. The van der Waals surface area contributed by atoms with E-state index in [1.165, 1.54) is 0 Å². The molecule has 0 spiro atoms. The summed E-state index contributed by atoms with van der Waals surface area (Å²) < 4.78 is 0. The van der Waals surface area contributed by atoms with E-state index in [0.29, 0.717) is 25.9 Å². The van der Waals surface area contributed by atoms with Gasteiger partial charge >= 0.3 is 0 Å². The second-order valence-corrected chi connectivity index (χ2v) is 4.68. The molecule has 0 fully saturated rings. The number of aliphatic hydroxyl groups is 1. The van der Waals surface area contributed by atoms with E-state index in [0.717, 1.165) is 23.2 Å². The first-order valence-corrected chi connectivity index (χ1v) is 6.48. The maximum Gasteiger partial charge on any atom is 0.231 e. The number of carbonyl (C=O) groups is 1. The Morgan fingerprint density at radius 2 is 2.28 bits per heavy atom. The van der Waals surface area contributed by atoms with Crippen molar-refractivity contribution in [1.82, 2.24) is 0 Å². The zero-order valence-corrected chi connectivity index (χ0v) is 10.7. The molecule has 1 aromatic rings. The van der Waals surface area contributed by atoms with E-state index in [1.54, 1.807) is 4.90 Å². The summed E-state index contributed by atoms with van der Waals surface area (Å²) in [6.07, 6.45) is 1.49. The zero-order valence-electron chi connectivity index (χ0n) is 10.7. The van der Waals surface area contributed by atoms with Crippen LogP contribution in [0.25, 0.3) is 0 Å². The van der Waals surface area contributed by atoms with Gasteiger partial charge in [0.2, 0.25) is 5.91 Å². The second-order valence-electron chi connectivity index (χ2n) is 4.68. The maximum atomic E-state index is 11.9. The molecule has 4 nitrogen and oxygen atoms in total. The molecule has 1 heterocycles. The molecule has 0 aromatic heterocycles. The molecular weight excluding hydrogens is 228 g/mol. The molecule has 0 bridgehead atoms. The van der Waals surface area contributed by atoms with Gasteiger partial charge in [0.05, 0.1) is 12.5 Å². The lowest BCUT2D eigenvalue weighted by Gasteiger charge is -2.17. The number of nitrogens with zero attached hydrogens (tertiary/aromatic N) is 1. The summed E-state index contributed by atoms with van der Waals surface area (Å²) in [7, 11) is 0. The van der Waals surface area contributed by atoms with Crippen molar-refractivity contribution in [3.05, 3.63) is 29.3 Å². The lowest BCUT2D eigenvalue weighted by Crippen LogP contribution is -2.29. The van der Waals surface area contributed by atoms with Crippen molar-refractivity contribution in [2.24, 2.45) is 5.73 Å². The molecule has 1 aliphatic heterocycles. The Morgan fingerprint density at radius 1 is 1.50 bits per heavy atom. The molecule has 4 heteroatoms. The van der Waals surface area contributed by atoms with Gasteiger partial charge in [-0.3, -0.25) is 4.79 Å². The molecule has 1 aliphatic rings. The van der Waals surface area contributed by atoms with Crippen LogP contribution in [0.15, 0.2) is 18.2 Å². The van der Waals surface area contributed by atoms with Crippen molar-refractivity contribution >= 4 is 11.6 Å². The summed E-state index contributed by atoms with van der Waals surface area (Å²) in [5, 5.41) is 9.82. The summed E-state index contributed by atoms with van der Waals surface area (Å²) in [6.45, 7) is 3.21. The lowest BCUT2D eigenvalue weighted by atomic mass is 10.0. The Hall–Kier alpha value is -1.39. The Balaban J connectivity index is 2.23. The Labute approximate surface area is 107 Å². The number of anilines is 1. The van der Waals surface area contributed by atoms with Gasteiger partial charge in [0.1, 0.15) is 0 Å². The summed E-state index contributed by atoms with van der Waals surface area (Å²) in [4.78, 5) is 13.7. The van der Waals surface area contributed by atoms with E-state index < -0.39 is 6.10 Å². The number of fused-ring (bicyclic) bond motifs is 1. The zero-order chi connectivity index (χ0) is 13.1. The molecular formula is C14H20N2O2. The number of rotatable bonds is 5. The number of nitrogens with two attached hydrogens (primary N) is 1. The van der Waals surface area contributed by atoms with Crippen LogP contribution in [0, 0.1) is 0 Å². The van der Waals surface area contributed by atoms with Crippen molar-refractivity contribution in [1.29, 1.82) is 0 Å². The molecule has 1 aromatic carbocycles. The fourth-order valence-corrected chi connectivity index (χ4v) is 2.34. The molecule has 1 unspecified atom stereocenters. The summed E-state index contributed by atoms with van der Waals surface area (Å²) in [6, 6.07) is 5.79. The van der Waals surface area contributed by atoms with Gasteiger partial charge in [-0.05, 0) is 36.6 Å². The SMILES string of the molecule is CCC(O)c1ccc2c(c1)CC(=O)N2CCCN. The second kappa shape index (κ2) is 5.50. The van der Waals surface area contributed by atoms with Gasteiger partial charge in [-0.15, -0.1) is 0 Å². The van der Waals surface area contributed by atoms with E-state index in [4.69, 9.17) is 5.73 Å². The molecule has 3 N–H and O–H groups in total. The van der Waals surface area contributed by atoms with E-state index in [9.17, 15) is 9.90 Å². The molecule has 1 amide bonds. The van der Waals surface area contributed by atoms with Crippen LogP contribution in [-0.4, -0.2) is 24.1 Å². The molecule has 18 heavy (non-hydrogen) atoms. The topological polar surface area (TPSA) is 66.6 Å². The van der Waals surface area contributed by atoms with E-state index in [-0.39, 0.29) is 5.91 Å². The minimum Gasteiger partial charge on any atom is -0.388 e. The lowest BCUT2D eigenvalue weighted by molar-refractivity contribution is -0.117. The highest BCUT2D eigenvalue weighted by Gasteiger charge is 2.27. The van der Waals surface area contributed by atoms with Crippen LogP contribution in [0.2, 0.25) is 0 Å². The summed E-state index contributed by atoms with van der Waals surface area (Å²) in [5.41, 5.74) is 8.36. The number of benzene rings is 1. The van der Waals surface area contributed by atoms with Crippen molar-refractivity contribution in [2.45, 2.75) is 32.3 Å². The number of amides is 1. The number of hydrogen-bond donors (Lipinski definition) is 2. The summed E-state index contributed by atoms with van der Waals surface area (Å²) in [5.74, 6) is 0.126. The average molecular weight is 248 g/mol. The molecule has 0 aliphatic carbocycles. The molecule has 1 atom stereocenters. The van der Waals surface area contributed by atoms with Crippen molar-refractivity contribution in [2.75, 3.05) is 18.0 Å². The van der Waals surface area contributed by atoms with Crippen molar-refractivity contribution < 1.29 is 9.90 Å².